The second-order valence-electron chi connectivity index (χ2n) is 11.2. The van der Waals surface area contributed by atoms with Crippen LogP contribution < -0.4 is 4.90 Å². The maximum atomic E-state index is 14.9. The number of piperazine rings is 1. The van der Waals surface area contributed by atoms with Crippen molar-refractivity contribution in [3.8, 4) is 22.5 Å². The third-order valence-electron chi connectivity index (χ3n) is 8.07. The number of hydrogen-bond acceptors (Lipinski definition) is 8. The van der Waals surface area contributed by atoms with Crippen LogP contribution in [0.5, 0.6) is 0 Å². The van der Waals surface area contributed by atoms with Crippen molar-refractivity contribution in [3.05, 3.63) is 115 Å². The van der Waals surface area contributed by atoms with E-state index in [1.54, 1.807) is 30.5 Å². The Hall–Kier alpha value is -5.21. The fourth-order valence-corrected chi connectivity index (χ4v) is 5.87. The minimum Gasteiger partial charge on any atom is -0.382 e. The van der Waals surface area contributed by atoms with E-state index < -0.39 is 23.1 Å². The monoisotopic (exact) mass is 629 g/mol. The number of benzene rings is 2. The molecule has 7 rings (SSSR count). The average Bonchev–Trinajstić information content (AvgIpc) is 3.69. The van der Waals surface area contributed by atoms with Gasteiger partial charge in [0.05, 0.1) is 29.5 Å². The van der Waals surface area contributed by atoms with E-state index in [9.17, 15) is 22.7 Å². The molecule has 1 N–H and O–H groups in total. The highest BCUT2D eigenvalue weighted by Crippen LogP contribution is 2.35. The first-order valence-corrected chi connectivity index (χ1v) is 14.5. The molecule has 1 atom stereocenters. The van der Waals surface area contributed by atoms with Gasteiger partial charge in [-0.25, -0.2) is 41.7 Å². The number of aromatic nitrogens is 7. The molecule has 1 aliphatic rings. The summed E-state index contributed by atoms with van der Waals surface area (Å²) < 4.78 is 59.3. The molecule has 234 valence electrons. The van der Waals surface area contributed by atoms with Gasteiger partial charge in [0.25, 0.3) is 0 Å². The second-order valence-corrected chi connectivity index (χ2v) is 11.2. The van der Waals surface area contributed by atoms with E-state index in [0.29, 0.717) is 60.2 Å². The molecule has 0 bridgehead atoms. The number of nitrogens with zero attached hydrogens (tertiary/aromatic N) is 9. The number of rotatable bonds is 8. The number of fused-ring (bicyclic) bond motifs is 1. The Kier molecular flexibility index (Phi) is 7.66. The van der Waals surface area contributed by atoms with Gasteiger partial charge in [-0.05, 0) is 48.5 Å². The van der Waals surface area contributed by atoms with E-state index in [1.165, 1.54) is 52.3 Å². The third kappa shape index (κ3) is 5.79. The SMILES string of the molecule is O[C@@](CN1CCN(c2nccc(-c3c(-c4ccc(F)cc4)nn4cc(F)ccc34)n2)CC1)(Cn1cncn1)c1ccc(F)cc1F. The van der Waals surface area contributed by atoms with Crippen molar-refractivity contribution in [3.63, 3.8) is 0 Å². The summed E-state index contributed by atoms with van der Waals surface area (Å²) >= 11 is 0. The fourth-order valence-electron chi connectivity index (χ4n) is 5.87. The molecule has 0 aliphatic carbocycles. The predicted octanol–water partition coefficient (Wildman–Crippen LogP) is 4.32. The first-order chi connectivity index (χ1) is 22.3. The van der Waals surface area contributed by atoms with Gasteiger partial charge in [-0.2, -0.15) is 10.2 Å². The molecule has 10 nitrogen and oxygen atoms in total. The highest BCUT2D eigenvalue weighted by atomic mass is 19.1. The summed E-state index contributed by atoms with van der Waals surface area (Å²) in [5, 5.41) is 20.4. The van der Waals surface area contributed by atoms with Crippen molar-refractivity contribution >= 4 is 11.5 Å². The maximum Gasteiger partial charge on any atom is 0.225 e. The lowest BCUT2D eigenvalue weighted by Crippen LogP contribution is -2.52. The van der Waals surface area contributed by atoms with E-state index in [0.717, 1.165) is 12.1 Å². The van der Waals surface area contributed by atoms with Crippen molar-refractivity contribution in [1.82, 2.24) is 39.2 Å². The van der Waals surface area contributed by atoms with Crippen LogP contribution in [0.25, 0.3) is 28.0 Å². The minimum absolute atomic E-state index is 0.0342. The molecule has 14 heteroatoms. The van der Waals surface area contributed by atoms with Gasteiger partial charge in [0, 0.05) is 56.1 Å². The lowest BCUT2D eigenvalue weighted by molar-refractivity contribution is -0.0227. The molecule has 1 saturated heterocycles. The Balaban J connectivity index is 1.14. The summed E-state index contributed by atoms with van der Waals surface area (Å²) in [6, 6.07) is 13.7. The summed E-state index contributed by atoms with van der Waals surface area (Å²) in [6.45, 7) is 1.96. The van der Waals surface area contributed by atoms with Crippen LogP contribution in [0.2, 0.25) is 0 Å². The van der Waals surface area contributed by atoms with Gasteiger partial charge in [-0.3, -0.25) is 4.90 Å². The van der Waals surface area contributed by atoms with Gasteiger partial charge in [0.1, 0.15) is 47.2 Å². The molecule has 0 saturated carbocycles. The molecule has 0 amide bonds. The van der Waals surface area contributed by atoms with Crippen molar-refractivity contribution in [2.45, 2.75) is 12.1 Å². The van der Waals surface area contributed by atoms with Crippen LogP contribution in [0.3, 0.4) is 0 Å². The predicted molar refractivity (Wildman–Crippen MR) is 160 cm³/mol. The molecule has 0 unspecified atom stereocenters. The highest BCUT2D eigenvalue weighted by Gasteiger charge is 2.36. The molecule has 0 spiro atoms. The standard InChI is InChI=1S/C32H27F4N9O/c33-22-3-1-21(2-4-22)30-29(28-8-6-24(35)16-45(28)41-30)27-9-10-38-31(40-27)43-13-11-42(12-14-43)17-32(46,18-44-20-37-19-39-44)25-7-5-23(34)15-26(25)36/h1-10,15-16,19-20,46H,11-14,17-18H2/t32-/m0/s1. The summed E-state index contributed by atoms with van der Waals surface area (Å²) in [4.78, 5) is 17.3. The molecule has 4 aromatic heterocycles. The van der Waals surface area contributed by atoms with Gasteiger partial charge >= 0.3 is 0 Å². The summed E-state index contributed by atoms with van der Waals surface area (Å²) in [6.07, 6.45) is 5.66. The normalized spacial score (nSPS) is 15.4. The number of aliphatic hydroxyl groups is 1. The number of pyridine rings is 1. The second kappa shape index (κ2) is 11.9. The van der Waals surface area contributed by atoms with Crippen LogP contribution >= 0.6 is 0 Å². The van der Waals surface area contributed by atoms with Crippen molar-refractivity contribution in [2.75, 3.05) is 37.6 Å². The molecule has 0 radical (unpaired) electrons. The molecule has 5 heterocycles. The van der Waals surface area contributed by atoms with E-state index in [4.69, 9.17) is 4.98 Å². The van der Waals surface area contributed by atoms with Gasteiger partial charge in [-0.15, -0.1) is 0 Å². The topological polar surface area (TPSA) is 100 Å². The Bertz CT molecular complexity index is 1990. The van der Waals surface area contributed by atoms with Gasteiger partial charge in [-0.1, -0.05) is 6.07 Å². The molecule has 1 aliphatic heterocycles. The molecular weight excluding hydrogens is 602 g/mol. The number of hydrogen-bond donors (Lipinski definition) is 1. The van der Waals surface area contributed by atoms with Crippen LogP contribution in [0.1, 0.15) is 5.56 Å². The lowest BCUT2D eigenvalue weighted by Gasteiger charge is -2.39. The fraction of sp³-hybridized carbons (Fsp3) is 0.219. The Morgan fingerprint density at radius 3 is 2.33 bits per heavy atom. The van der Waals surface area contributed by atoms with E-state index in [2.05, 4.69) is 20.2 Å². The molecule has 6 aromatic rings. The van der Waals surface area contributed by atoms with Gasteiger partial charge in [0.15, 0.2) is 0 Å². The minimum atomic E-state index is -1.72. The van der Waals surface area contributed by atoms with E-state index >= 15 is 0 Å². The first kappa shape index (κ1) is 29.5. The Morgan fingerprint density at radius 1 is 0.826 bits per heavy atom. The summed E-state index contributed by atoms with van der Waals surface area (Å²) in [5.74, 6) is -1.96. The maximum absolute atomic E-state index is 14.9. The highest BCUT2D eigenvalue weighted by molar-refractivity contribution is 5.90. The van der Waals surface area contributed by atoms with Crippen LogP contribution in [-0.4, -0.2) is 77.1 Å². The zero-order valence-electron chi connectivity index (χ0n) is 24.3. The Morgan fingerprint density at radius 2 is 1.59 bits per heavy atom. The zero-order valence-corrected chi connectivity index (χ0v) is 24.3. The van der Waals surface area contributed by atoms with Gasteiger partial charge in [0.2, 0.25) is 5.95 Å². The summed E-state index contributed by atoms with van der Waals surface area (Å²) in [5.41, 5.74) is 1.23. The zero-order chi connectivity index (χ0) is 31.8. The van der Waals surface area contributed by atoms with Crippen LogP contribution in [0.15, 0.2) is 85.7 Å². The van der Waals surface area contributed by atoms with E-state index in [1.807, 2.05) is 9.80 Å². The van der Waals surface area contributed by atoms with E-state index in [-0.39, 0.29) is 24.5 Å². The number of β-amino-alcohol motifs (C(OH)–C–C–N with tert-alkyl or cyclic N) is 1. The molecule has 46 heavy (non-hydrogen) atoms. The van der Waals surface area contributed by atoms with Crippen molar-refractivity contribution in [1.29, 1.82) is 0 Å². The molecular formula is C32H27F4N9O. The van der Waals surface area contributed by atoms with Crippen LogP contribution in [0, 0.1) is 23.3 Å². The number of halogens is 4. The average molecular weight is 630 g/mol. The first-order valence-electron chi connectivity index (χ1n) is 14.5. The van der Waals surface area contributed by atoms with Crippen molar-refractivity contribution in [2.24, 2.45) is 0 Å². The molecule has 2 aromatic carbocycles. The summed E-state index contributed by atoms with van der Waals surface area (Å²) in [7, 11) is 0. The van der Waals surface area contributed by atoms with Crippen LogP contribution in [0.4, 0.5) is 23.5 Å². The van der Waals surface area contributed by atoms with Gasteiger partial charge < -0.3 is 10.0 Å². The largest absolute Gasteiger partial charge is 0.382 e. The smallest absolute Gasteiger partial charge is 0.225 e. The third-order valence-corrected chi connectivity index (χ3v) is 8.07. The lowest BCUT2D eigenvalue weighted by atomic mass is 9.92. The quantitative estimate of drug-likeness (QED) is 0.249. The molecule has 1 fully saturated rings. The van der Waals surface area contributed by atoms with Crippen LogP contribution in [-0.2, 0) is 12.1 Å². The number of anilines is 1. The van der Waals surface area contributed by atoms with Crippen molar-refractivity contribution < 1.29 is 22.7 Å². The Labute approximate surface area is 260 Å².